The second-order valence-electron chi connectivity index (χ2n) is 6.62. The summed E-state index contributed by atoms with van der Waals surface area (Å²) in [5.41, 5.74) is 7.36. The molecule has 0 radical (unpaired) electrons. The average molecular weight is 409 g/mol. The molecule has 27 heavy (non-hydrogen) atoms. The molecule has 5 nitrogen and oxygen atoms in total. The largest absolute Gasteiger partial charge is 0.338 e. The predicted molar refractivity (Wildman–Crippen MR) is 109 cm³/mol. The highest BCUT2D eigenvalue weighted by molar-refractivity contribution is 7.91. The lowest BCUT2D eigenvalue weighted by Crippen LogP contribution is -2.31. The number of amides is 1. The van der Waals surface area contributed by atoms with Crippen molar-refractivity contribution >= 4 is 28.2 Å². The highest BCUT2D eigenvalue weighted by Gasteiger charge is 2.36. The van der Waals surface area contributed by atoms with Gasteiger partial charge >= 0.3 is 0 Å². The highest BCUT2D eigenvalue weighted by atomic mass is 35.5. The molecule has 146 valence electrons. The van der Waals surface area contributed by atoms with Gasteiger partial charge in [-0.25, -0.2) is 8.42 Å². The van der Waals surface area contributed by atoms with Crippen LogP contribution in [0.25, 0.3) is 0 Å². The number of benzene rings is 2. The summed E-state index contributed by atoms with van der Waals surface area (Å²) in [7, 11) is -3.46. The maximum Gasteiger partial charge on any atom is 0.255 e. The van der Waals surface area contributed by atoms with E-state index in [4.69, 9.17) is 5.73 Å². The van der Waals surface area contributed by atoms with Crippen molar-refractivity contribution in [2.24, 2.45) is 11.7 Å². The zero-order valence-electron chi connectivity index (χ0n) is 15.2. The number of nitrogens with two attached hydrogens (primary N) is 1. The van der Waals surface area contributed by atoms with Crippen LogP contribution in [0.15, 0.2) is 59.5 Å². The molecule has 1 aliphatic rings. The molecule has 0 unspecified atom stereocenters. The van der Waals surface area contributed by atoms with Crippen molar-refractivity contribution < 1.29 is 13.2 Å². The molecular formula is C20H25ClN2O3S. The Bertz CT molecular complexity index is 887. The molecule has 0 aliphatic carbocycles. The van der Waals surface area contributed by atoms with E-state index >= 15 is 0 Å². The van der Waals surface area contributed by atoms with Crippen LogP contribution in [0.1, 0.15) is 28.8 Å². The zero-order chi connectivity index (χ0) is 18.7. The first kappa shape index (κ1) is 21.4. The molecule has 0 saturated carbocycles. The number of carbonyl (C=O) groups is 1. The van der Waals surface area contributed by atoms with Gasteiger partial charge in [0, 0.05) is 19.0 Å². The summed E-state index contributed by atoms with van der Waals surface area (Å²) in [6.45, 7) is 3.15. The number of likely N-dealkylation sites (tertiary alicyclic amines) is 1. The van der Waals surface area contributed by atoms with Gasteiger partial charge in [0.25, 0.3) is 5.91 Å². The van der Waals surface area contributed by atoms with E-state index in [0.717, 1.165) is 5.56 Å². The minimum absolute atomic E-state index is 0. The van der Waals surface area contributed by atoms with Gasteiger partial charge in [-0.05, 0) is 30.2 Å². The van der Waals surface area contributed by atoms with Gasteiger partial charge in [0.2, 0.25) is 0 Å². The van der Waals surface area contributed by atoms with Crippen LogP contribution in [0.5, 0.6) is 0 Å². The molecule has 2 aromatic rings. The fraction of sp³-hybridized carbons (Fsp3) is 0.350. The van der Waals surface area contributed by atoms with Crippen LogP contribution in [0, 0.1) is 5.92 Å². The Morgan fingerprint density at radius 1 is 1.07 bits per heavy atom. The first-order valence-electron chi connectivity index (χ1n) is 8.84. The third kappa shape index (κ3) is 4.34. The second kappa shape index (κ2) is 8.87. The zero-order valence-corrected chi connectivity index (χ0v) is 16.9. The van der Waals surface area contributed by atoms with E-state index in [2.05, 4.69) is 12.1 Å². The molecule has 1 heterocycles. The quantitative estimate of drug-likeness (QED) is 0.824. The van der Waals surface area contributed by atoms with Crippen LogP contribution in [0.2, 0.25) is 0 Å². The molecule has 1 fully saturated rings. The van der Waals surface area contributed by atoms with E-state index < -0.39 is 9.84 Å². The summed E-state index contributed by atoms with van der Waals surface area (Å²) >= 11 is 0. The Morgan fingerprint density at radius 3 is 2.33 bits per heavy atom. The minimum atomic E-state index is -3.46. The van der Waals surface area contributed by atoms with Crippen molar-refractivity contribution in [3.8, 4) is 0 Å². The molecule has 1 saturated heterocycles. The summed E-state index contributed by atoms with van der Waals surface area (Å²) in [6, 6.07) is 16.5. The summed E-state index contributed by atoms with van der Waals surface area (Å²) in [6.07, 6.45) is 0. The van der Waals surface area contributed by atoms with Gasteiger partial charge in [-0.3, -0.25) is 4.79 Å². The van der Waals surface area contributed by atoms with E-state index in [1.807, 2.05) is 18.2 Å². The maximum atomic E-state index is 13.1. The van der Waals surface area contributed by atoms with Gasteiger partial charge in [0.15, 0.2) is 9.84 Å². The topological polar surface area (TPSA) is 80.5 Å². The minimum Gasteiger partial charge on any atom is -0.338 e. The number of rotatable bonds is 5. The SMILES string of the molecule is CCS(=O)(=O)c1ccccc1C(=O)N1C[C@@H](CN)[C@H](c2ccccc2)C1.Cl. The number of nitrogens with zero attached hydrogens (tertiary/aromatic N) is 1. The van der Waals surface area contributed by atoms with Crippen molar-refractivity contribution in [2.75, 3.05) is 25.4 Å². The number of hydrogen-bond acceptors (Lipinski definition) is 4. The van der Waals surface area contributed by atoms with E-state index in [0.29, 0.717) is 19.6 Å². The number of hydrogen-bond donors (Lipinski definition) is 1. The predicted octanol–water partition coefficient (Wildman–Crippen LogP) is 2.72. The Kier molecular flexibility index (Phi) is 7.03. The Morgan fingerprint density at radius 2 is 1.70 bits per heavy atom. The van der Waals surface area contributed by atoms with Gasteiger partial charge in [0.1, 0.15) is 0 Å². The van der Waals surface area contributed by atoms with Crippen molar-refractivity contribution in [1.29, 1.82) is 0 Å². The summed E-state index contributed by atoms with van der Waals surface area (Å²) in [5.74, 6) is 0.0564. The second-order valence-corrected chi connectivity index (χ2v) is 8.87. The van der Waals surface area contributed by atoms with E-state index in [9.17, 15) is 13.2 Å². The van der Waals surface area contributed by atoms with Crippen LogP contribution in [0.3, 0.4) is 0 Å². The normalized spacial score (nSPS) is 19.6. The van der Waals surface area contributed by atoms with Crippen LogP contribution < -0.4 is 5.73 Å². The Hall–Kier alpha value is -1.89. The molecule has 0 spiro atoms. The van der Waals surface area contributed by atoms with Gasteiger partial charge in [-0.1, -0.05) is 49.4 Å². The van der Waals surface area contributed by atoms with Crippen LogP contribution >= 0.6 is 12.4 Å². The van der Waals surface area contributed by atoms with Crippen molar-refractivity contribution in [2.45, 2.75) is 17.7 Å². The van der Waals surface area contributed by atoms with E-state index in [1.165, 1.54) is 6.07 Å². The monoisotopic (exact) mass is 408 g/mol. The summed E-state index contributed by atoms with van der Waals surface area (Å²) < 4.78 is 24.7. The molecule has 0 aromatic heterocycles. The van der Waals surface area contributed by atoms with Gasteiger partial charge in [-0.15, -0.1) is 12.4 Å². The first-order valence-corrected chi connectivity index (χ1v) is 10.5. The number of halogens is 1. The molecule has 7 heteroatoms. The molecule has 1 amide bonds. The van der Waals surface area contributed by atoms with Crippen molar-refractivity contribution in [3.63, 3.8) is 0 Å². The lowest BCUT2D eigenvalue weighted by atomic mass is 9.89. The highest BCUT2D eigenvalue weighted by Crippen LogP contribution is 2.33. The lowest BCUT2D eigenvalue weighted by Gasteiger charge is -2.18. The maximum absolute atomic E-state index is 13.1. The summed E-state index contributed by atoms with van der Waals surface area (Å²) in [4.78, 5) is 14.9. The number of carbonyl (C=O) groups excluding carboxylic acids is 1. The van der Waals surface area contributed by atoms with E-state index in [1.54, 1.807) is 30.0 Å². The molecule has 2 atom stereocenters. The van der Waals surface area contributed by atoms with Gasteiger partial charge < -0.3 is 10.6 Å². The first-order chi connectivity index (χ1) is 12.5. The van der Waals surface area contributed by atoms with E-state index in [-0.39, 0.29) is 46.4 Å². The molecule has 0 bridgehead atoms. The van der Waals surface area contributed by atoms with Crippen LogP contribution in [-0.4, -0.2) is 44.6 Å². The third-order valence-corrected chi connectivity index (χ3v) is 6.88. The fourth-order valence-corrected chi connectivity index (χ4v) is 4.68. The fourth-order valence-electron chi connectivity index (χ4n) is 3.59. The smallest absolute Gasteiger partial charge is 0.255 e. The molecule has 1 aliphatic heterocycles. The van der Waals surface area contributed by atoms with Crippen LogP contribution in [0.4, 0.5) is 0 Å². The standard InChI is InChI=1S/C20H24N2O3S.ClH/c1-2-26(24,25)19-11-7-6-10-17(19)20(23)22-13-16(12-21)18(14-22)15-8-4-3-5-9-15;/h3-11,16,18H,2,12-14,21H2,1H3;1H/t16-,18+;/m1./s1. The van der Waals surface area contributed by atoms with Crippen molar-refractivity contribution in [1.82, 2.24) is 4.90 Å². The molecule has 2 N–H and O–H groups in total. The third-order valence-electron chi connectivity index (χ3n) is 5.09. The lowest BCUT2D eigenvalue weighted by molar-refractivity contribution is 0.0782. The molecular weight excluding hydrogens is 384 g/mol. The van der Waals surface area contributed by atoms with Gasteiger partial charge in [-0.2, -0.15) is 0 Å². The Balaban J connectivity index is 0.00000261. The average Bonchev–Trinajstić information content (AvgIpc) is 3.12. The number of sulfone groups is 1. The van der Waals surface area contributed by atoms with Gasteiger partial charge in [0.05, 0.1) is 16.2 Å². The van der Waals surface area contributed by atoms with Crippen molar-refractivity contribution in [3.05, 3.63) is 65.7 Å². The molecule has 2 aromatic carbocycles. The van der Waals surface area contributed by atoms with Crippen LogP contribution in [-0.2, 0) is 9.84 Å². The Labute approximate surface area is 166 Å². The molecule has 3 rings (SSSR count). The summed E-state index contributed by atoms with van der Waals surface area (Å²) in [5, 5.41) is 0.